The first kappa shape index (κ1) is 26.7. The van der Waals surface area contributed by atoms with Gasteiger partial charge in [-0.3, -0.25) is 13.9 Å². The molecule has 35 heavy (non-hydrogen) atoms. The lowest BCUT2D eigenvalue weighted by Crippen LogP contribution is -2.53. The summed E-state index contributed by atoms with van der Waals surface area (Å²) < 4.78 is 39.5. The number of nitrogens with zero attached hydrogens (tertiary/aromatic N) is 2. The third kappa shape index (κ3) is 7.27. The van der Waals surface area contributed by atoms with E-state index in [1.165, 1.54) is 17.0 Å². The van der Waals surface area contributed by atoms with Crippen LogP contribution < -0.4 is 9.62 Å². The third-order valence-electron chi connectivity index (χ3n) is 6.35. The summed E-state index contributed by atoms with van der Waals surface area (Å²) in [4.78, 5) is 28.3. The maximum atomic E-state index is 13.6. The van der Waals surface area contributed by atoms with Crippen molar-refractivity contribution in [2.24, 2.45) is 0 Å². The number of aryl methyl sites for hydroxylation is 1. The molecule has 0 saturated heterocycles. The number of carbonyl (C=O) groups excluding carboxylic acids is 2. The van der Waals surface area contributed by atoms with E-state index in [1.54, 1.807) is 0 Å². The van der Waals surface area contributed by atoms with Crippen LogP contribution >= 0.6 is 0 Å². The van der Waals surface area contributed by atoms with Crippen molar-refractivity contribution < 1.29 is 22.4 Å². The second-order valence-corrected chi connectivity index (χ2v) is 11.1. The van der Waals surface area contributed by atoms with Crippen molar-refractivity contribution in [3.05, 3.63) is 65.5 Å². The van der Waals surface area contributed by atoms with Gasteiger partial charge in [-0.1, -0.05) is 49.6 Å². The van der Waals surface area contributed by atoms with Crippen LogP contribution in [0.4, 0.5) is 10.1 Å². The van der Waals surface area contributed by atoms with Gasteiger partial charge < -0.3 is 10.2 Å². The van der Waals surface area contributed by atoms with Gasteiger partial charge in [-0.15, -0.1) is 0 Å². The molecule has 1 saturated carbocycles. The molecule has 2 aromatic rings. The van der Waals surface area contributed by atoms with E-state index in [9.17, 15) is 22.4 Å². The summed E-state index contributed by atoms with van der Waals surface area (Å²) in [5.74, 6) is -1.24. The number of anilines is 1. The average molecular weight is 504 g/mol. The zero-order valence-corrected chi connectivity index (χ0v) is 21.4. The molecule has 0 aromatic heterocycles. The molecule has 1 atom stereocenters. The summed E-state index contributed by atoms with van der Waals surface area (Å²) in [6.45, 7) is 3.46. The normalized spacial score (nSPS) is 15.0. The molecule has 0 spiro atoms. The minimum atomic E-state index is -3.85. The molecule has 0 bridgehead atoms. The van der Waals surface area contributed by atoms with Gasteiger partial charge in [0.15, 0.2) is 0 Å². The molecule has 1 aliphatic rings. The number of carbonyl (C=O) groups is 2. The molecule has 1 aliphatic carbocycles. The van der Waals surface area contributed by atoms with Gasteiger partial charge in [-0.2, -0.15) is 0 Å². The third-order valence-corrected chi connectivity index (χ3v) is 7.50. The van der Waals surface area contributed by atoms with Gasteiger partial charge in [0.25, 0.3) is 0 Å². The first-order valence-corrected chi connectivity index (χ1v) is 13.8. The van der Waals surface area contributed by atoms with Gasteiger partial charge in [0.05, 0.1) is 11.9 Å². The predicted octanol–water partition coefficient (Wildman–Crippen LogP) is 3.77. The molecule has 0 heterocycles. The molecule has 190 valence electrons. The van der Waals surface area contributed by atoms with Crippen LogP contribution in [-0.2, 0) is 26.2 Å². The fourth-order valence-electron chi connectivity index (χ4n) is 4.40. The van der Waals surface area contributed by atoms with Crippen LogP contribution in [0.25, 0.3) is 0 Å². The van der Waals surface area contributed by atoms with Crippen LogP contribution in [0.15, 0.2) is 48.5 Å². The van der Waals surface area contributed by atoms with E-state index in [-0.39, 0.29) is 24.2 Å². The Balaban J connectivity index is 1.90. The summed E-state index contributed by atoms with van der Waals surface area (Å²) in [5.41, 5.74) is 2.09. The van der Waals surface area contributed by atoms with E-state index in [0.29, 0.717) is 6.42 Å². The molecule has 1 unspecified atom stereocenters. The minimum absolute atomic E-state index is 0.0969. The average Bonchev–Trinajstić information content (AvgIpc) is 3.31. The number of sulfonamides is 1. The molecule has 7 nitrogen and oxygen atoms in total. The highest BCUT2D eigenvalue weighted by Gasteiger charge is 2.33. The lowest BCUT2D eigenvalue weighted by atomic mass is 10.1. The monoisotopic (exact) mass is 503 g/mol. The van der Waals surface area contributed by atoms with E-state index in [4.69, 9.17) is 0 Å². The lowest BCUT2D eigenvalue weighted by molar-refractivity contribution is -0.140. The van der Waals surface area contributed by atoms with Crippen molar-refractivity contribution in [2.75, 3.05) is 17.1 Å². The summed E-state index contributed by atoms with van der Waals surface area (Å²) in [6.07, 6.45) is 5.34. The molecule has 2 amide bonds. The second kappa shape index (κ2) is 11.7. The number of hydrogen-bond acceptors (Lipinski definition) is 4. The second-order valence-electron chi connectivity index (χ2n) is 9.17. The molecular formula is C26H34FN3O4S. The Morgan fingerprint density at radius 1 is 1.06 bits per heavy atom. The molecule has 0 aliphatic heterocycles. The quantitative estimate of drug-likeness (QED) is 0.535. The Morgan fingerprint density at radius 2 is 1.66 bits per heavy atom. The van der Waals surface area contributed by atoms with Gasteiger partial charge >= 0.3 is 0 Å². The maximum absolute atomic E-state index is 13.6. The summed E-state index contributed by atoms with van der Waals surface area (Å²) in [7, 11) is -3.85. The first-order valence-electron chi connectivity index (χ1n) is 12.0. The SMILES string of the molecule is CCC(C(=O)NC1CCCC1)N(Cc1ccc(C)cc1)C(=O)CN(c1ccc(F)cc1)S(C)(=O)=O. The predicted molar refractivity (Wildman–Crippen MR) is 135 cm³/mol. The molecule has 1 fully saturated rings. The Morgan fingerprint density at radius 3 is 2.20 bits per heavy atom. The van der Waals surface area contributed by atoms with Crippen molar-refractivity contribution >= 4 is 27.5 Å². The number of benzene rings is 2. The van der Waals surface area contributed by atoms with Gasteiger partial charge in [0.1, 0.15) is 18.4 Å². The van der Waals surface area contributed by atoms with E-state index in [1.807, 2.05) is 38.1 Å². The van der Waals surface area contributed by atoms with Crippen molar-refractivity contribution in [3.8, 4) is 0 Å². The van der Waals surface area contributed by atoms with Crippen LogP contribution in [0.5, 0.6) is 0 Å². The highest BCUT2D eigenvalue weighted by molar-refractivity contribution is 7.92. The first-order chi connectivity index (χ1) is 16.6. The molecule has 3 rings (SSSR count). The minimum Gasteiger partial charge on any atom is -0.352 e. The topological polar surface area (TPSA) is 86.8 Å². The number of amides is 2. The molecule has 2 aromatic carbocycles. The Bertz CT molecular complexity index is 1110. The van der Waals surface area contributed by atoms with Crippen LogP contribution in [0.1, 0.15) is 50.2 Å². The van der Waals surface area contributed by atoms with Crippen LogP contribution in [0.3, 0.4) is 0 Å². The molecule has 1 N–H and O–H groups in total. The molecule has 0 radical (unpaired) electrons. The zero-order valence-electron chi connectivity index (χ0n) is 20.5. The highest BCUT2D eigenvalue weighted by atomic mass is 32.2. The molecule has 9 heteroatoms. The van der Waals surface area contributed by atoms with Crippen molar-refractivity contribution in [1.29, 1.82) is 0 Å². The van der Waals surface area contributed by atoms with Gasteiger partial charge in [0.2, 0.25) is 21.8 Å². The van der Waals surface area contributed by atoms with E-state index in [0.717, 1.165) is 59.5 Å². The number of nitrogens with one attached hydrogen (secondary N) is 1. The van der Waals surface area contributed by atoms with Crippen molar-refractivity contribution in [3.63, 3.8) is 0 Å². The van der Waals surface area contributed by atoms with Crippen molar-refractivity contribution in [2.45, 2.75) is 64.6 Å². The largest absolute Gasteiger partial charge is 0.352 e. The molecular weight excluding hydrogens is 469 g/mol. The van der Waals surface area contributed by atoms with E-state index >= 15 is 0 Å². The van der Waals surface area contributed by atoms with Crippen LogP contribution in [0, 0.1) is 12.7 Å². The fourth-order valence-corrected chi connectivity index (χ4v) is 5.25. The number of rotatable bonds is 10. The smallest absolute Gasteiger partial charge is 0.244 e. The summed E-state index contributed by atoms with van der Waals surface area (Å²) in [5, 5.41) is 3.08. The number of halogens is 1. The van der Waals surface area contributed by atoms with Crippen LogP contribution in [-0.4, -0.2) is 50.0 Å². The summed E-state index contributed by atoms with van der Waals surface area (Å²) >= 11 is 0. The fraction of sp³-hybridized carbons (Fsp3) is 0.462. The Labute approximate surface area is 207 Å². The van der Waals surface area contributed by atoms with Gasteiger partial charge in [-0.25, -0.2) is 12.8 Å². The van der Waals surface area contributed by atoms with Gasteiger partial charge in [0, 0.05) is 12.6 Å². The van der Waals surface area contributed by atoms with Gasteiger partial charge in [-0.05, 0) is 56.0 Å². The van der Waals surface area contributed by atoms with E-state index in [2.05, 4.69) is 5.32 Å². The number of hydrogen-bond donors (Lipinski definition) is 1. The standard InChI is InChI=1S/C26H34FN3O4S/c1-4-24(26(32)28-22-7-5-6-8-22)29(17-20-11-9-19(2)10-12-20)25(31)18-30(35(3,33)34)23-15-13-21(27)14-16-23/h9-16,22,24H,4-8,17-18H2,1-3H3,(H,28,32). The Kier molecular flexibility index (Phi) is 8.88. The lowest BCUT2D eigenvalue weighted by Gasteiger charge is -2.33. The zero-order chi connectivity index (χ0) is 25.6. The Hall–Kier alpha value is -2.94. The van der Waals surface area contributed by atoms with Crippen molar-refractivity contribution in [1.82, 2.24) is 10.2 Å². The maximum Gasteiger partial charge on any atom is 0.244 e. The summed E-state index contributed by atoms with van der Waals surface area (Å²) in [6, 6.07) is 11.9. The highest BCUT2D eigenvalue weighted by Crippen LogP contribution is 2.22. The van der Waals surface area contributed by atoms with Crippen LogP contribution in [0.2, 0.25) is 0 Å². The van der Waals surface area contributed by atoms with E-state index < -0.39 is 34.3 Å².